The number of aryl methyl sites for hydroxylation is 1. The molecule has 0 aliphatic carbocycles. The molecule has 1 aromatic carbocycles. The third-order valence-corrected chi connectivity index (χ3v) is 7.03. The molecule has 0 saturated carbocycles. The number of furan rings is 1. The highest BCUT2D eigenvalue weighted by molar-refractivity contribution is 7.10. The summed E-state index contributed by atoms with van der Waals surface area (Å²) in [6, 6.07) is 10.1. The number of carbonyl (C=O) groups is 2. The molecule has 1 fully saturated rings. The second-order valence-electron chi connectivity index (χ2n) is 9.37. The van der Waals surface area contributed by atoms with Gasteiger partial charge in [-0.2, -0.15) is 0 Å². The van der Waals surface area contributed by atoms with Crippen LogP contribution in [-0.2, 0) is 21.5 Å². The largest absolute Gasteiger partial charge is 0.507 e. The van der Waals surface area contributed by atoms with Crippen molar-refractivity contribution < 1.29 is 23.8 Å². The zero-order valence-electron chi connectivity index (χ0n) is 20.0. The van der Waals surface area contributed by atoms with E-state index in [2.05, 4.69) is 20.8 Å². The third kappa shape index (κ3) is 4.28. The van der Waals surface area contributed by atoms with Crippen molar-refractivity contribution in [3.8, 4) is 5.75 Å². The number of rotatable bonds is 6. The normalized spacial score (nSPS) is 18.0. The van der Waals surface area contributed by atoms with Gasteiger partial charge in [0, 0.05) is 16.0 Å². The summed E-state index contributed by atoms with van der Waals surface area (Å²) in [5.41, 5.74) is 2.17. The van der Waals surface area contributed by atoms with Crippen LogP contribution in [0.2, 0.25) is 0 Å². The Hall–Kier alpha value is -3.32. The predicted molar refractivity (Wildman–Crippen MR) is 132 cm³/mol. The van der Waals surface area contributed by atoms with Crippen molar-refractivity contribution in [2.24, 2.45) is 0 Å². The van der Waals surface area contributed by atoms with E-state index in [9.17, 15) is 14.7 Å². The molecule has 1 aliphatic heterocycles. The summed E-state index contributed by atoms with van der Waals surface area (Å²) in [6.45, 7) is 10.7. The van der Waals surface area contributed by atoms with Crippen LogP contribution < -0.4 is 4.74 Å². The Labute approximate surface area is 203 Å². The molecule has 34 heavy (non-hydrogen) atoms. The Balaban J connectivity index is 1.88. The lowest BCUT2D eigenvalue weighted by molar-refractivity contribution is -0.140. The van der Waals surface area contributed by atoms with Crippen molar-refractivity contribution in [2.45, 2.75) is 52.6 Å². The third-order valence-electron chi connectivity index (χ3n) is 5.96. The molecule has 3 aromatic rings. The van der Waals surface area contributed by atoms with Crippen molar-refractivity contribution in [2.75, 3.05) is 6.61 Å². The van der Waals surface area contributed by atoms with E-state index in [1.807, 2.05) is 37.4 Å². The van der Waals surface area contributed by atoms with Crippen LogP contribution in [0.4, 0.5) is 0 Å². The fraction of sp³-hybridized carbons (Fsp3) is 0.333. The van der Waals surface area contributed by atoms with E-state index >= 15 is 0 Å². The Kier molecular flexibility index (Phi) is 6.41. The lowest BCUT2D eigenvalue weighted by atomic mass is 9.84. The van der Waals surface area contributed by atoms with Crippen LogP contribution in [-0.4, -0.2) is 28.3 Å². The number of benzene rings is 1. The first-order valence-corrected chi connectivity index (χ1v) is 12.1. The minimum atomic E-state index is -0.701. The van der Waals surface area contributed by atoms with Gasteiger partial charge in [0.2, 0.25) is 0 Å². The highest BCUT2D eigenvalue weighted by atomic mass is 32.1. The zero-order valence-corrected chi connectivity index (χ0v) is 20.9. The summed E-state index contributed by atoms with van der Waals surface area (Å²) >= 11 is 1.46. The van der Waals surface area contributed by atoms with Gasteiger partial charge >= 0.3 is 0 Å². The minimum Gasteiger partial charge on any atom is -0.507 e. The molecule has 1 unspecified atom stereocenters. The fourth-order valence-electron chi connectivity index (χ4n) is 4.25. The van der Waals surface area contributed by atoms with Crippen LogP contribution >= 0.6 is 11.3 Å². The SMILES string of the molecule is CCOc1ccc(/C(O)=C2/C(=O)C(=O)N(Cc3ccco3)C2c2sccc2C)cc1C(C)(C)C. The summed E-state index contributed by atoms with van der Waals surface area (Å²) in [5, 5.41) is 13.4. The second kappa shape index (κ2) is 9.14. The van der Waals surface area contributed by atoms with E-state index in [1.165, 1.54) is 22.5 Å². The van der Waals surface area contributed by atoms with Gasteiger partial charge in [0.1, 0.15) is 23.3 Å². The molecular formula is C27H29NO5S. The van der Waals surface area contributed by atoms with Crippen LogP contribution in [0.1, 0.15) is 61.1 Å². The molecule has 178 valence electrons. The van der Waals surface area contributed by atoms with E-state index in [1.54, 1.807) is 18.2 Å². The molecule has 1 N–H and O–H groups in total. The number of nitrogens with zero attached hydrogens (tertiary/aromatic N) is 1. The maximum absolute atomic E-state index is 13.3. The monoisotopic (exact) mass is 479 g/mol. The van der Waals surface area contributed by atoms with E-state index in [0.29, 0.717) is 17.9 Å². The van der Waals surface area contributed by atoms with Gasteiger partial charge in [-0.3, -0.25) is 9.59 Å². The van der Waals surface area contributed by atoms with Crippen LogP contribution in [0.15, 0.2) is 58.0 Å². The van der Waals surface area contributed by atoms with E-state index < -0.39 is 17.7 Å². The summed E-state index contributed by atoms with van der Waals surface area (Å²) in [4.78, 5) is 28.7. The van der Waals surface area contributed by atoms with Gasteiger partial charge in [-0.25, -0.2) is 0 Å². The number of hydrogen-bond donors (Lipinski definition) is 1. The Morgan fingerprint density at radius 3 is 2.56 bits per heavy atom. The lowest BCUT2D eigenvalue weighted by Crippen LogP contribution is -2.28. The quantitative estimate of drug-likeness (QED) is 0.268. The first-order chi connectivity index (χ1) is 16.1. The number of carbonyl (C=O) groups excluding carboxylic acids is 2. The first kappa shape index (κ1) is 23.8. The summed E-state index contributed by atoms with van der Waals surface area (Å²) in [7, 11) is 0. The molecule has 1 aliphatic rings. The van der Waals surface area contributed by atoms with Gasteiger partial charge in [-0.1, -0.05) is 20.8 Å². The Morgan fingerprint density at radius 2 is 1.97 bits per heavy atom. The molecule has 2 aromatic heterocycles. The topological polar surface area (TPSA) is 80.0 Å². The molecule has 1 amide bonds. The average Bonchev–Trinajstić information content (AvgIpc) is 3.50. The van der Waals surface area contributed by atoms with Gasteiger partial charge in [0.15, 0.2) is 0 Å². The molecule has 0 radical (unpaired) electrons. The number of hydrogen-bond acceptors (Lipinski definition) is 6. The van der Waals surface area contributed by atoms with Gasteiger partial charge in [0.25, 0.3) is 11.7 Å². The number of Topliss-reactive ketones (excluding diaryl/α,β-unsaturated/α-hetero) is 1. The molecular weight excluding hydrogens is 450 g/mol. The second-order valence-corrected chi connectivity index (χ2v) is 10.3. The zero-order chi connectivity index (χ0) is 24.6. The fourth-order valence-corrected chi connectivity index (χ4v) is 5.30. The number of amides is 1. The van der Waals surface area contributed by atoms with E-state index in [4.69, 9.17) is 9.15 Å². The van der Waals surface area contributed by atoms with Crippen molar-refractivity contribution in [3.63, 3.8) is 0 Å². The lowest BCUT2D eigenvalue weighted by Gasteiger charge is -2.25. The predicted octanol–water partition coefficient (Wildman–Crippen LogP) is 5.97. The van der Waals surface area contributed by atoms with Crippen molar-refractivity contribution in [1.29, 1.82) is 0 Å². The molecule has 1 atom stereocenters. The molecule has 1 saturated heterocycles. The number of ketones is 1. The Bertz CT molecular complexity index is 1250. The Morgan fingerprint density at radius 1 is 1.21 bits per heavy atom. The summed E-state index contributed by atoms with van der Waals surface area (Å²) in [6.07, 6.45) is 1.53. The molecule has 0 bridgehead atoms. The molecule has 7 heteroatoms. The molecule has 4 rings (SSSR count). The van der Waals surface area contributed by atoms with E-state index in [0.717, 1.165) is 21.8 Å². The first-order valence-electron chi connectivity index (χ1n) is 11.3. The van der Waals surface area contributed by atoms with Crippen LogP contribution in [0.25, 0.3) is 5.76 Å². The number of ether oxygens (including phenoxy) is 1. The van der Waals surface area contributed by atoms with Crippen LogP contribution in [0.5, 0.6) is 5.75 Å². The molecule has 3 heterocycles. The number of aliphatic hydroxyl groups is 1. The standard InChI is InChI=1S/C27H29NO5S/c1-6-32-20-10-9-17(14-19(20)27(3,4)5)23(29)21-22(25-16(2)11-13-34-25)28(26(31)24(21)30)15-18-8-7-12-33-18/h7-14,22,29H,6,15H2,1-5H3/b23-21-. The highest BCUT2D eigenvalue weighted by Gasteiger charge is 2.47. The smallest absolute Gasteiger partial charge is 0.296 e. The van der Waals surface area contributed by atoms with Gasteiger partial charge in [-0.05, 0) is 66.6 Å². The van der Waals surface area contributed by atoms with Crippen LogP contribution in [0.3, 0.4) is 0 Å². The average molecular weight is 480 g/mol. The molecule has 6 nitrogen and oxygen atoms in total. The maximum atomic E-state index is 13.3. The molecule has 0 spiro atoms. The highest BCUT2D eigenvalue weighted by Crippen LogP contribution is 2.44. The minimum absolute atomic E-state index is 0.0890. The number of aliphatic hydroxyl groups excluding tert-OH is 1. The maximum Gasteiger partial charge on any atom is 0.296 e. The van der Waals surface area contributed by atoms with Crippen molar-refractivity contribution >= 4 is 28.8 Å². The number of thiophene rings is 1. The van der Waals surface area contributed by atoms with Gasteiger partial charge in [0.05, 0.1) is 25.0 Å². The van der Waals surface area contributed by atoms with Gasteiger partial charge in [-0.15, -0.1) is 11.3 Å². The van der Waals surface area contributed by atoms with Crippen molar-refractivity contribution in [3.05, 3.63) is 80.9 Å². The number of likely N-dealkylation sites (tertiary alicyclic amines) is 1. The van der Waals surface area contributed by atoms with Crippen molar-refractivity contribution in [1.82, 2.24) is 4.90 Å². The van der Waals surface area contributed by atoms with Crippen LogP contribution in [0, 0.1) is 6.92 Å². The summed E-state index contributed by atoms with van der Waals surface area (Å²) < 4.78 is 11.2. The van der Waals surface area contributed by atoms with E-state index in [-0.39, 0.29) is 23.3 Å². The summed E-state index contributed by atoms with van der Waals surface area (Å²) in [5.74, 6) is -0.245. The van der Waals surface area contributed by atoms with Gasteiger partial charge < -0.3 is 19.2 Å².